The van der Waals surface area contributed by atoms with Crippen LogP contribution < -0.4 is 19.5 Å². The molecule has 193 valence electrons. The Kier molecular flexibility index (Phi) is 9.20. The summed E-state index contributed by atoms with van der Waals surface area (Å²) >= 11 is 6.37. The van der Waals surface area contributed by atoms with Gasteiger partial charge in [-0.15, -0.1) is 0 Å². The van der Waals surface area contributed by atoms with Gasteiger partial charge in [-0.05, 0) is 62.1 Å². The third-order valence-electron chi connectivity index (χ3n) is 6.58. The van der Waals surface area contributed by atoms with Crippen LogP contribution in [0.4, 0.5) is 0 Å². The number of fused-ring (bicyclic) bond motifs is 1. The van der Waals surface area contributed by atoms with E-state index in [1.54, 1.807) is 43.5 Å². The molecule has 5 rings (SSSR count). The first kappa shape index (κ1) is 28.2. The minimum absolute atomic E-state index is 0. The van der Waals surface area contributed by atoms with Crippen molar-refractivity contribution in [1.29, 1.82) is 0 Å². The number of halogens is 1. The van der Waals surface area contributed by atoms with Crippen LogP contribution in [0.5, 0.6) is 23.1 Å². The smallest absolute Gasteiger partial charge is 0.311 e. The van der Waals surface area contributed by atoms with Crippen LogP contribution in [0.1, 0.15) is 58.3 Å². The number of carbonyl (C=O) groups excluding carboxylic acids is 1. The zero-order valence-electron chi connectivity index (χ0n) is 21.3. The van der Waals surface area contributed by atoms with Crippen molar-refractivity contribution >= 4 is 53.0 Å². The number of carboxylic acid groups (broad SMARTS) is 1. The molecular formula is C28H27ClN2NaO6. The van der Waals surface area contributed by atoms with E-state index in [9.17, 15) is 14.7 Å². The molecule has 38 heavy (non-hydrogen) atoms. The van der Waals surface area contributed by atoms with Crippen LogP contribution in [-0.2, 0) is 11.2 Å². The van der Waals surface area contributed by atoms with E-state index in [2.05, 4.69) is 10.3 Å². The molecule has 1 radical (unpaired) electrons. The van der Waals surface area contributed by atoms with Crippen molar-refractivity contribution in [3.8, 4) is 23.1 Å². The van der Waals surface area contributed by atoms with Crippen LogP contribution in [0.15, 0.2) is 48.5 Å². The first-order valence-electron chi connectivity index (χ1n) is 12.2. The Morgan fingerprint density at radius 1 is 1.13 bits per heavy atom. The fraction of sp³-hybridized carbons (Fsp3) is 0.321. The van der Waals surface area contributed by atoms with Gasteiger partial charge in [0.1, 0.15) is 17.2 Å². The average Bonchev–Trinajstić information content (AvgIpc) is 3.75. The van der Waals surface area contributed by atoms with E-state index >= 15 is 0 Å². The summed E-state index contributed by atoms with van der Waals surface area (Å²) in [7, 11) is 1.61. The van der Waals surface area contributed by atoms with Gasteiger partial charge in [0.2, 0.25) is 5.88 Å². The monoisotopic (exact) mass is 545 g/mol. The molecule has 1 amide bonds. The average molecular weight is 546 g/mol. The van der Waals surface area contributed by atoms with Gasteiger partial charge in [0.15, 0.2) is 0 Å². The van der Waals surface area contributed by atoms with Crippen LogP contribution in [-0.4, -0.2) is 71.8 Å². The molecule has 2 heterocycles. The fourth-order valence-electron chi connectivity index (χ4n) is 4.40. The number of rotatable bonds is 9. The molecule has 0 spiro atoms. The van der Waals surface area contributed by atoms with Gasteiger partial charge in [-0.25, -0.2) is 4.98 Å². The molecule has 1 aromatic heterocycles. The van der Waals surface area contributed by atoms with Crippen molar-refractivity contribution in [1.82, 2.24) is 10.3 Å². The Labute approximate surface area is 247 Å². The number of pyridine rings is 1. The van der Waals surface area contributed by atoms with E-state index in [0.29, 0.717) is 66.2 Å². The van der Waals surface area contributed by atoms with Gasteiger partial charge >= 0.3 is 5.97 Å². The summed E-state index contributed by atoms with van der Waals surface area (Å²) in [6, 6.07) is 13.9. The van der Waals surface area contributed by atoms with Gasteiger partial charge in [-0.2, -0.15) is 0 Å². The largest absolute Gasteiger partial charge is 0.493 e. The summed E-state index contributed by atoms with van der Waals surface area (Å²) in [5, 5.41) is 12.7. The second-order valence-electron chi connectivity index (χ2n) is 9.16. The maximum Gasteiger partial charge on any atom is 0.311 e. The van der Waals surface area contributed by atoms with Crippen molar-refractivity contribution < 1.29 is 28.9 Å². The van der Waals surface area contributed by atoms with E-state index in [0.717, 1.165) is 11.3 Å². The first-order valence-corrected chi connectivity index (χ1v) is 12.6. The van der Waals surface area contributed by atoms with Crippen molar-refractivity contribution in [3.05, 3.63) is 75.9 Å². The van der Waals surface area contributed by atoms with E-state index in [1.165, 1.54) is 12.8 Å². The molecule has 1 aliphatic carbocycles. The summed E-state index contributed by atoms with van der Waals surface area (Å²) in [5.74, 6) is 0.670. The van der Waals surface area contributed by atoms with Crippen molar-refractivity contribution in [2.24, 2.45) is 0 Å². The molecule has 2 N–H and O–H groups in total. The number of carbonyl (C=O) groups is 2. The second kappa shape index (κ2) is 12.4. The van der Waals surface area contributed by atoms with E-state index < -0.39 is 11.9 Å². The normalized spacial score (nSPS) is 15.9. The van der Waals surface area contributed by atoms with Gasteiger partial charge in [0, 0.05) is 70.5 Å². The fourth-order valence-corrected chi connectivity index (χ4v) is 4.61. The summed E-state index contributed by atoms with van der Waals surface area (Å²) in [6.45, 7) is 0.754. The third kappa shape index (κ3) is 6.43. The van der Waals surface area contributed by atoms with Gasteiger partial charge in [0.05, 0.1) is 24.7 Å². The molecule has 1 fully saturated rings. The number of methoxy groups -OCH3 is 1. The van der Waals surface area contributed by atoms with Crippen molar-refractivity contribution in [2.45, 2.75) is 37.5 Å². The van der Waals surface area contributed by atoms with Crippen LogP contribution in [0.2, 0.25) is 5.02 Å². The summed E-state index contributed by atoms with van der Waals surface area (Å²) in [5.41, 5.74) is 3.05. The standard InChI is InChI=1S/C28H27ClN2O6.Na/c1-35-27-18(6-9-23(31-27)16-2-3-16)10-12-30-26(32)17-4-7-19(8-5-17)37-25-15-24-21(14-22(25)29)20(28(33)34)11-13-36-24;/h4-9,14-16,20H,2-3,10-13H2,1H3,(H,30,32)(H,33,34);. The molecular weight excluding hydrogens is 519 g/mol. The van der Waals surface area contributed by atoms with Crippen LogP contribution in [0.3, 0.4) is 0 Å². The Morgan fingerprint density at radius 3 is 2.58 bits per heavy atom. The SMILES string of the molecule is COc1nc(C2CC2)ccc1CCNC(=O)c1ccc(Oc2cc3c(cc2Cl)C(C(=O)O)CCO3)cc1.[Na]. The van der Waals surface area contributed by atoms with Gasteiger partial charge < -0.3 is 24.6 Å². The molecule has 3 aromatic rings. The zero-order chi connectivity index (χ0) is 25.9. The number of nitrogens with one attached hydrogen (secondary N) is 1. The second-order valence-corrected chi connectivity index (χ2v) is 9.57. The minimum atomic E-state index is -0.912. The quantitative estimate of drug-likeness (QED) is 0.366. The Bertz CT molecular complexity index is 1330. The number of carboxylic acids is 1. The van der Waals surface area contributed by atoms with Crippen LogP contribution in [0, 0.1) is 0 Å². The number of amides is 1. The Hall–Kier alpha value is -2.78. The molecule has 1 atom stereocenters. The number of aromatic nitrogens is 1. The van der Waals surface area contributed by atoms with Crippen LogP contribution >= 0.6 is 11.6 Å². The Balaban J connectivity index is 0.00000336. The molecule has 2 aliphatic rings. The molecule has 2 aromatic carbocycles. The molecule has 1 saturated carbocycles. The zero-order valence-corrected chi connectivity index (χ0v) is 24.1. The maximum absolute atomic E-state index is 12.6. The maximum atomic E-state index is 12.6. The van der Waals surface area contributed by atoms with E-state index in [1.807, 2.05) is 12.1 Å². The number of hydrogen-bond donors (Lipinski definition) is 2. The topological polar surface area (TPSA) is 107 Å². The van der Waals surface area contributed by atoms with Gasteiger partial charge in [-0.1, -0.05) is 17.7 Å². The number of ether oxygens (including phenoxy) is 3. The predicted molar refractivity (Wildman–Crippen MR) is 143 cm³/mol. The molecule has 1 aliphatic heterocycles. The van der Waals surface area contributed by atoms with E-state index in [4.69, 9.17) is 25.8 Å². The minimum Gasteiger partial charge on any atom is -0.493 e. The molecule has 0 saturated heterocycles. The molecule has 0 bridgehead atoms. The van der Waals surface area contributed by atoms with Crippen molar-refractivity contribution in [3.63, 3.8) is 0 Å². The third-order valence-corrected chi connectivity index (χ3v) is 6.87. The Morgan fingerprint density at radius 2 is 1.89 bits per heavy atom. The molecule has 1 unspecified atom stereocenters. The summed E-state index contributed by atoms with van der Waals surface area (Å²) in [4.78, 5) is 28.8. The van der Waals surface area contributed by atoms with Gasteiger partial charge in [0.25, 0.3) is 5.91 Å². The van der Waals surface area contributed by atoms with Crippen LogP contribution in [0.25, 0.3) is 0 Å². The number of aliphatic carboxylic acids is 1. The first-order chi connectivity index (χ1) is 17.9. The summed E-state index contributed by atoms with van der Waals surface area (Å²) in [6.07, 6.45) is 3.35. The number of hydrogen-bond acceptors (Lipinski definition) is 6. The number of benzene rings is 2. The number of nitrogens with zero attached hydrogens (tertiary/aromatic N) is 1. The van der Waals surface area contributed by atoms with Gasteiger partial charge in [-0.3, -0.25) is 9.59 Å². The molecule has 10 heteroatoms. The van der Waals surface area contributed by atoms with E-state index in [-0.39, 0.29) is 40.5 Å². The summed E-state index contributed by atoms with van der Waals surface area (Å²) < 4.78 is 17.0. The predicted octanol–water partition coefficient (Wildman–Crippen LogP) is 4.96. The molecule has 8 nitrogen and oxygen atoms in total. The van der Waals surface area contributed by atoms with Crippen molar-refractivity contribution in [2.75, 3.05) is 20.3 Å².